The van der Waals surface area contributed by atoms with E-state index >= 15 is 0 Å². The fourth-order valence-corrected chi connectivity index (χ4v) is 4.25. The van der Waals surface area contributed by atoms with Gasteiger partial charge in [-0.15, -0.1) is 0 Å². The highest BCUT2D eigenvalue weighted by atomic mass is 32.2. The Kier molecular flexibility index (Phi) is 6.95. The van der Waals surface area contributed by atoms with Gasteiger partial charge in [-0.25, -0.2) is 8.42 Å². The molecule has 1 rings (SSSR count). The summed E-state index contributed by atoms with van der Waals surface area (Å²) in [5, 5.41) is 3.57. The highest BCUT2D eigenvalue weighted by molar-refractivity contribution is 7.90. The van der Waals surface area contributed by atoms with Gasteiger partial charge in [-0.2, -0.15) is 0 Å². The molecule has 0 bridgehead atoms. The van der Waals surface area contributed by atoms with Crippen LogP contribution in [0.5, 0.6) is 0 Å². The zero-order valence-corrected chi connectivity index (χ0v) is 14.4. The molecule has 1 aliphatic carbocycles. The van der Waals surface area contributed by atoms with E-state index in [1.807, 2.05) is 0 Å². The summed E-state index contributed by atoms with van der Waals surface area (Å²) in [6, 6.07) is 0.260. The van der Waals surface area contributed by atoms with Crippen molar-refractivity contribution in [1.82, 2.24) is 10.2 Å². The SMILES string of the molecule is CCNC(CCS(C)(=O)=O)C1(N(C)C)CCCCCC1. The number of hydrogen-bond donors (Lipinski definition) is 1. The number of nitrogens with zero attached hydrogens (tertiary/aromatic N) is 1. The maximum atomic E-state index is 11.5. The monoisotopic (exact) mass is 304 g/mol. The van der Waals surface area contributed by atoms with Crippen molar-refractivity contribution in [2.75, 3.05) is 32.6 Å². The molecule has 0 heterocycles. The lowest BCUT2D eigenvalue weighted by molar-refractivity contribution is 0.0794. The molecule has 0 spiro atoms. The predicted octanol–water partition coefficient (Wildman–Crippen LogP) is 2.05. The number of rotatable bonds is 7. The maximum Gasteiger partial charge on any atom is 0.147 e. The largest absolute Gasteiger partial charge is 0.312 e. The second kappa shape index (κ2) is 7.76. The average molecular weight is 305 g/mol. The summed E-state index contributed by atoms with van der Waals surface area (Å²) in [4.78, 5) is 2.34. The normalized spacial score (nSPS) is 21.6. The van der Waals surface area contributed by atoms with Gasteiger partial charge in [0.15, 0.2) is 0 Å². The van der Waals surface area contributed by atoms with Crippen LogP contribution in [0.4, 0.5) is 0 Å². The number of sulfone groups is 1. The van der Waals surface area contributed by atoms with Crippen molar-refractivity contribution in [2.45, 2.75) is 63.5 Å². The molecule has 1 saturated carbocycles. The van der Waals surface area contributed by atoms with E-state index in [4.69, 9.17) is 0 Å². The van der Waals surface area contributed by atoms with Crippen LogP contribution in [0.3, 0.4) is 0 Å². The second-order valence-corrected chi connectivity index (χ2v) is 8.70. The molecule has 0 saturated heterocycles. The quantitative estimate of drug-likeness (QED) is 0.731. The van der Waals surface area contributed by atoms with Crippen LogP contribution in [0.25, 0.3) is 0 Å². The van der Waals surface area contributed by atoms with Crippen molar-refractivity contribution in [2.24, 2.45) is 0 Å². The molecule has 1 N–H and O–H groups in total. The average Bonchev–Trinajstić information content (AvgIpc) is 2.59. The lowest BCUT2D eigenvalue weighted by Gasteiger charge is -2.46. The molecule has 0 aromatic heterocycles. The fourth-order valence-electron chi connectivity index (χ4n) is 3.59. The van der Waals surface area contributed by atoms with Gasteiger partial charge in [0.25, 0.3) is 0 Å². The summed E-state index contributed by atoms with van der Waals surface area (Å²) < 4.78 is 23.0. The van der Waals surface area contributed by atoms with Crippen LogP contribution in [-0.4, -0.2) is 57.5 Å². The summed E-state index contributed by atoms with van der Waals surface area (Å²) >= 11 is 0. The Balaban J connectivity index is 2.91. The topological polar surface area (TPSA) is 49.4 Å². The van der Waals surface area contributed by atoms with Crippen LogP contribution >= 0.6 is 0 Å². The molecule has 5 heteroatoms. The van der Waals surface area contributed by atoms with Gasteiger partial charge in [0, 0.05) is 17.8 Å². The van der Waals surface area contributed by atoms with E-state index < -0.39 is 9.84 Å². The van der Waals surface area contributed by atoms with E-state index in [0.717, 1.165) is 6.54 Å². The molecule has 1 atom stereocenters. The number of likely N-dealkylation sites (N-methyl/N-ethyl adjacent to an activating group) is 2. The van der Waals surface area contributed by atoms with Crippen molar-refractivity contribution >= 4 is 9.84 Å². The minimum atomic E-state index is -2.90. The second-order valence-electron chi connectivity index (χ2n) is 6.44. The third-order valence-electron chi connectivity index (χ3n) is 4.74. The molecule has 0 aromatic carbocycles. The van der Waals surface area contributed by atoms with Gasteiger partial charge in [-0.3, -0.25) is 0 Å². The molecule has 4 nitrogen and oxygen atoms in total. The van der Waals surface area contributed by atoms with Crippen LogP contribution in [-0.2, 0) is 9.84 Å². The molecule has 1 unspecified atom stereocenters. The van der Waals surface area contributed by atoms with E-state index in [0.29, 0.717) is 6.42 Å². The molecule has 0 radical (unpaired) electrons. The smallest absolute Gasteiger partial charge is 0.147 e. The molecule has 1 fully saturated rings. The highest BCUT2D eigenvalue weighted by Crippen LogP contribution is 2.35. The van der Waals surface area contributed by atoms with Gasteiger partial charge in [-0.05, 0) is 39.9 Å². The first-order chi connectivity index (χ1) is 9.32. The van der Waals surface area contributed by atoms with E-state index in [2.05, 4.69) is 31.2 Å². The first-order valence-corrected chi connectivity index (χ1v) is 9.96. The van der Waals surface area contributed by atoms with E-state index in [-0.39, 0.29) is 17.3 Å². The van der Waals surface area contributed by atoms with Crippen LogP contribution in [0.15, 0.2) is 0 Å². The van der Waals surface area contributed by atoms with Crippen molar-refractivity contribution in [3.8, 4) is 0 Å². The van der Waals surface area contributed by atoms with Gasteiger partial charge in [0.1, 0.15) is 9.84 Å². The molecule has 0 aliphatic heterocycles. The molecular formula is C15H32N2O2S. The molecule has 120 valence electrons. The van der Waals surface area contributed by atoms with E-state index in [1.165, 1.54) is 44.8 Å². The van der Waals surface area contributed by atoms with Crippen molar-refractivity contribution in [1.29, 1.82) is 0 Å². The van der Waals surface area contributed by atoms with E-state index in [1.54, 1.807) is 0 Å². The number of hydrogen-bond acceptors (Lipinski definition) is 4. The highest BCUT2D eigenvalue weighted by Gasteiger charge is 2.40. The molecule has 0 aromatic rings. The first kappa shape index (κ1) is 17.9. The Labute approximate surface area is 125 Å². The van der Waals surface area contributed by atoms with Crippen LogP contribution in [0.1, 0.15) is 51.9 Å². The van der Waals surface area contributed by atoms with Crippen molar-refractivity contribution < 1.29 is 8.42 Å². The minimum absolute atomic E-state index is 0.108. The Hall–Kier alpha value is -0.130. The Morgan fingerprint density at radius 2 is 1.70 bits per heavy atom. The zero-order valence-electron chi connectivity index (χ0n) is 13.6. The first-order valence-electron chi connectivity index (χ1n) is 7.90. The summed E-state index contributed by atoms with van der Waals surface area (Å²) in [7, 11) is 1.40. The molecule has 1 aliphatic rings. The Morgan fingerprint density at radius 3 is 2.10 bits per heavy atom. The zero-order chi connectivity index (χ0) is 15.2. The van der Waals surface area contributed by atoms with Crippen molar-refractivity contribution in [3.63, 3.8) is 0 Å². The van der Waals surface area contributed by atoms with Gasteiger partial charge < -0.3 is 10.2 Å². The standard InChI is InChI=1S/C15H32N2O2S/c1-5-16-14(10-13-20(4,18)19)15(17(2)3)11-8-6-7-9-12-15/h14,16H,5-13H2,1-4H3. The third-order valence-corrected chi connectivity index (χ3v) is 5.71. The third kappa shape index (κ3) is 5.01. The maximum absolute atomic E-state index is 11.5. The molecular weight excluding hydrogens is 272 g/mol. The van der Waals surface area contributed by atoms with Crippen LogP contribution in [0.2, 0.25) is 0 Å². The predicted molar refractivity (Wildman–Crippen MR) is 85.9 cm³/mol. The summed E-state index contributed by atoms with van der Waals surface area (Å²) in [5.41, 5.74) is 0.108. The minimum Gasteiger partial charge on any atom is -0.312 e. The van der Waals surface area contributed by atoms with E-state index in [9.17, 15) is 8.42 Å². The summed E-state index contributed by atoms with van der Waals surface area (Å²) in [6.07, 6.45) is 9.50. The fraction of sp³-hybridized carbons (Fsp3) is 1.00. The Morgan fingerprint density at radius 1 is 1.15 bits per heavy atom. The van der Waals surface area contributed by atoms with Crippen LogP contribution in [0, 0.1) is 0 Å². The molecule has 0 amide bonds. The lowest BCUT2D eigenvalue weighted by Crippen LogP contribution is -2.59. The summed E-state index contributed by atoms with van der Waals surface area (Å²) in [5.74, 6) is 0.278. The van der Waals surface area contributed by atoms with Gasteiger partial charge in [0.2, 0.25) is 0 Å². The van der Waals surface area contributed by atoms with Crippen LogP contribution < -0.4 is 5.32 Å². The molecule has 20 heavy (non-hydrogen) atoms. The van der Waals surface area contributed by atoms with Gasteiger partial charge in [-0.1, -0.05) is 32.6 Å². The van der Waals surface area contributed by atoms with Crippen molar-refractivity contribution in [3.05, 3.63) is 0 Å². The van der Waals surface area contributed by atoms with Gasteiger partial charge >= 0.3 is 0 Å². The van der Waals surface area contributed by atoms with Gasteiger partial charge in [0.05, 0.1) is 5.75 Å². The Bertz CT molecular complexity index is 371. The summed E-state index contributed by atoms with van der Waals surface area (Å²) in [6.45, 7) is 3.00. The number of nitrogens with one attached hydrogen (secondary N) is 1. The lowest BCUT2D eigenvalue weighted by atomic mass is 9.80.